The molecule has 2 rings (SSSR count). The maximum absolute atomic E-state index is 12.0. The average molecular weight is 381 g/mol. The summed E-state index contributed by atoms with van der Waals surface area (Å²) in [6.45, 7) is 0.458. The lowest BCUT2D eigenvalue weighted by Crippen LogP contribution is -2.33. The van der Waals surface area contributed by atoms with E-state index in [9.17, 15) is 8.42 Å². The highest BCUT2D eigenvalue weighted by molar-refractivity contribution is 14.1. The molecule has 0 saturated carbocycles. The monoisotopic (exact) mass is 381 g/mol. The highest BCUT2D eigenvalue weighted by atomic mass is 127. The molecule has 4 nitrogen and oxygen atoms in total. The second-order valence-corrected chi connectivity index (χ2v) is 7.23. The van der Waals surface area contributed by atoms with Crippen LogP contribution in [0.5, 0.6) is 5.75 Å². The van der Waals surface area contributed by atoms with E-state index in [1.807, 2.05) is 24.3 Å². The van der Waals surface area contributed by atoms with E-state index in [0.717, 1.165) is 22.2 Å². The number of alkyl halides is 1. The van der Waals surface area contributed by atoms with Crippen molar-refractivity contribution in [2.75, 3.05) is 17.3 Å². The Morgan fingerprint density at radius 3 is 2.61 bits per heavy atom. The molecule has 0 spiro atoms. The Kier molecular flexibility index (Phi) is 4.50. The minimum absolute atomic E-state index is 0.137. The summed E-state index contributed by atoms with van der Waals surface area (Å²) in [7, 11) is -1.45. The predicted molar refractivity (Wildman–Crippen MR) is 79.6 cm³/mol. The Hall–Kier alpha value is -0.340. The Bertz CT molecular complexity index is 501. The molecule has 1 unspecified atom stereocenters. The van der Waals surface area contributed by atoms with Crippen molar-refractivity contribution >= 4 is 32.6 Å². The van der Waals surface area contributed by atoms with Gasteiger partial charge in [-0.3, -0.25) is 0 Å². The number of halogens is 1. The number of hydrogen-bond donors (Lipinski definition) is 0. The third-order valence-corrected chi connectivity index (χ3v) is 6.06. The third kappa shape index (κ3) is 2.97. The second-order valence-electron chi connectivity index (χ2n) is 4.31. The van der Waals surface area contributed by atoms with Gasteiger partial charge in [-0.2, -0.15) is 4.31 Å². The zero-order valence-electron chi connectivity index (χ0n) is 10.2. The largest absolute Gasteiger partial charge is 0.497 e. The first-order chi connectivity index (χ1) is 8.56. The number of methoxy groups -OCH3 is 1. The van der Waals surface area contributed by atoms with Crippen LogP contribution in [0, 0.1) is 0 Å². The highest BCUT2D eigenvalue weighted by Gasteiger charge is 2.36. The average Bonchev–Trinajstić information content (AvgIpc) is 2.66. The molecular formula is C12H16INO3S. The van der Waals surface area contributed by atoms with Crippen LogP contribution in [-0.2, 0) is 16.6 Å². The van der Waals surface area contributed by atoms with Crippen LogP contribution < -0.4 is 4.74 Å². The molecule has 100 valence electrons. The van der Waals surface area contributed by atoms with Gasteiger partial charge in [0.25, 0.3) is 0 Å². The fourth-order valence-corrected chi connectivity index (χ4v) is 5.03. The van der Waals surface area contributed by atoms with Crippen LogP contribution >= 0.6 is 22.6 Å². The number of hydrogen-bond acceptors (Lipinski definition) is 3. The summed E-state index contributed by atoms with van der Waals surface area (Å²) in [5.41, 5.74) is 0.996. The van der Waals surface area contributed by atoms with Gasteiger partial charge >= 0.3 is 0 Å². The van der Waals surface area contributed by atoms with Crippen LogP contribution in [0.2, 0.25) is 0 Å². The smallest absolute Gasteiger partial charge is 0.214 e. The first-order valence-corrected chi connectivity index (χ1v) is 8.88. The van der Waals surface area contributed by atoms with Crippen molar-refractivity contribution in [3.05, 3.63) is 29.8 Å². The molecule has 1 aromatic carbocycles. The summed E-state index contributed by atoms with van der Waals surface area (Å²) in [5.74, 6) is 1.06. The lowest BCUT2D eigenvalue weighted by molar-refractivity contribution is 0.363. The molecule has 1 saturated heterocycles. The zero-order valence-corrected chi connectivity index (χ0v) is 13.1. The molecule has 1 atom stereocenters. The zero-order chi connectivity index (χ0) is 13.2. The minimum Gasteiger partial charge on any atom is -0.497 e. The first-order valence-electron chi connectivity index (χ1n) is 5.75. The van der Waals surface area contributed by atoms with Crippen LogP contribution in [0.25, 0.3) is 0 Å². The fourth-order valence-electron chi connectivity index (χ4n) is 2.07. The van der Waals surface area contributed by atoms with Gasteiger partial charge in [-0.1, -0.05) is 34.7 Å². The minimum atomic E-state index is -3.06. The van der Waals surface area contributed by atoms with E-state index in [1.54, 1.807) is 11.4 Å². The maximum Gasteiger partial charge on any atom is 0.214 e. The van der Waals surface area contributed by atoms with Crippen molar-refractivity contribution in [2.24, 2.45) is 0 Å². The number of sulfonamides is 1. The van der Waals surface area contributed by atoms with Gasteiger partial charge in [0.2, 0.25) is 10.0 Å². The lowest BCUT2D eigenvalue weighted by Gasteiger charge is -2.21. The predicted octanol–water partition coefficient (Wildman–Crippen LogP) is 2.03. The number of rotatable bonds is 4. The normalized spacial score (nSPS) is 23.1. The molecule has 0 radical (unpaired) electrons. The van der Waals surface area contributed by atoms with E-state index in [-0.39, 0.29) is 11.8 Å². The van der Waals surface area contributed by atoms with E-state index < -0.39 is 10.0 Å². The summed E-state index contributed by atoms with van der Waals surface area (Å²) >= 11 is 2.25. The maximum atomic E-state index is 12.0. The van der Waals surface area contributed by atoms with Gasteiger partial charge in [0.05, 0.1) is 12.9 Å². The summed E-state index contributed by atoms with van der Waals surface area (Å²) in [6.07, 6.45) is 0.738. The van der Waals surface area contributed by atoms with E-state index in [2.05, 4.69) is 22.6 Å². The Morgan fingerprint density at radius 2 is 2.06 bits per heavy atom. The van der Waals surface area contributed by atoms with Crippen LogP contribution in [0.4, 0.5) is 0 Å². The van der Waals surface area contributed by atoms with E-state index in [4.69, 9.17) is 4.74 Å². The van der Waals surface area contributed by atoms with Crippen LogP contribution in [0.15, 0.2) is 24.3 Å². The third-order valence-electron chi connectivity index (χ3n) is 3.15. The number of ether oxygens (including phenoxy) is 1. The summed E-state index contributed by atoms with van der Waals surface area (Å²) in [4.78, 5) is 0. The summed E-state index contributed by atoms with van der Waals surface area (Å²) in [5, 5.41) is 0. The quantitative estimate of drug-likeness (QED) is 0.593. The Labute approximate surface area is 122 Å². The highest BCUT2D eigenvalue weighted by Crippen LogP contribution is 2.25. The molecule has 6 heteroatoms. The van der Waals surface area contributed by atoms with Crippen LogP contribution in [0.3, 0.4) is 0 Å². The number of benzene rings is 1. The molecular weight excluding hydrogens is 365 g/mol. The molecule has 1 aliphatic heterocycles. The lowest BCUT2D eigenvalue weighted by atomic mass is 10.2. The molecule has 18 heavy (non-hydrogen) atoms. The Morgan fingerprint density at radius 1 is 1.39 bits per heavy atom. The first kappa shape index (κ1) is 14.1. The molecule has 0 N–H and O–H groups in total. The molecule has 0 aromatic heterocycles. The standard InChI is InChI=1S/C12H16INO3S/c1-17-12-4-2-10(3-5-12)9-14-11(8-13)6-7-18(14,15)16/h2-5,11H,6-9H2,1H3. The van der Waals surface area contributed by atoms with Crippen LogP contribution in [-0.4, -0.2) is 36.1 Å². The van der Waals surface area contributed by atoms with Crippen molar-refractivity contribution < 1.29 is 13.2 Å². The topological polar surface area (TPSA) is 46.6 Å². The second kappa shape index (κ2) is 5.75. The summed E-state index contributed by atoms with van der Waals surface area (Å²) in [6, 6.07) is 7.68. The molecule has 0 aliphatic carbocycles. The fraction of sp³-hybridized carbons (Fsp3) is 0.500. The van der Waals surface area contributed by atoms with Crippen molar-refractivity contribution in [3.63, 3.8) is 0 Å². The van der Waals surface area contributed by atoms with Gasteiger partial charge in [-0.05, 0) is 24.1 Å². The molecule has 1 aromatic rings. The molecule has 1 heterocycles. The van der Waals surface area contributed by atoms with Gasteiger partial charge in [0.15, 0.2) is 0 Å². The van der Waals surface area contributed by atoms with E-state index in [1.165, 1.54) is 0 Å². The Balaban J connectivity index is 2.15. The number of nitrogens with zero attached hydrogens (tertiary/aromatic N) is 1. The van der Waals surface area contributed by atoms with Gasteiger partial charge in [-0.15, -0.1) is 0 Å². The molecule has 1 fully saturated rings. The van der Waals surface area contributed by atoms with Gasteiger partial charge in [-0.25, -0.2) is 8.42 Å². The van der Waals surface area contributed by atoms with Crippen molar-refractivity contribution in [2.45, 2.75) is 19.0 Å². The van der Waals surface area contributed by atoms with Crippen LogP contribution in [0.1, 0.15) is 12.0 Å². The van der Waals surface area contributed by atoms with E-state index in [0.29, 0.717) is 6.54 Å². The molecule has 1 aliphatic rings. The summed E-state index contributed by atoms with van der Waals surface area (Å²) < 4.78 is 31.5. The van der Waals surface area contributed by atoms with Gasteiger partial charge in [0.1, 0.15) is 5.75 Å². The van der Waals surface area contributed by atoms with E-state index >= 15 is 0 Å². The molecule has 0 bridgehead atoms. The van der Waals surface area contributed by atoms with Crippen molar-refractivity contribution in [1.82, 2.24) is 4.31 Å². The van der Waals surface area contributed by atoms with Crippen molar-refractivity contribution in [3.8, 4) is 5.75 Å². The van der Waals surface area contributed by atoms with Gasteiger partial charge < -0.3 is 4.74 Å². The SMILES string of the molecule is COc1ccc(CN2C(CI)CCS2(=O)=O)cc1. The van der Waals surface area contributed by atoms with Crippen molar-refractivity contribution in [1.29, 1.82) is 0 Å². The molecule has 0 amide bonds. The van der Waals surface area contributed by atoms with Gasteiger partial charge in [0, 0.05) is 17.0 Å².